The number of carbonyl (C=O) groups is 1. The molecule has 3 N–H and O–H groups in total. The van der Waals surface area contributed by atoms with Gasteiger partial charge in [-0.3, -0.25) is 4.79 Å². The third-order valence-electron chi connectivity index (χ3n) is 3.69. The van der Waals surface area contributed by atoms with Crippen LogP contribution in [0.3, 0.4) is 0 Å². The number of nitrogens with zero attached hydrogens (tertiary/aromatic N) is 4. The number of aromatic nitrogens is 4. The first-order valence-electron chi connectivity index (χ1n) is 7.47. The number of carbonyl (C=O) groups excluding carboxylic acids is 1. The van der Waals surface area contributed by atoms with Crippen LogP contribution in [0.1, 0.15) is 38.4 Å². The smallest absolute Gasteiger partial charge is 0.243 e. The zero-order valence-corrected chi connectivity index (χ0v) is 13.4. The Balaban J connectivity index is 1.97. The summed E-state index contributed by atoms with van der Waals surface area (Å²) in [4.78, 5) is 12.1. The van der Waals surface area contributed by atoms with Crippen molar-refractivity contribution in [2.24, 2.45) is 5.73 Å². The van der Waals surface area contributed by atoms with Gasteiger partial charge in [0.2, 0.25) is 5.91 Å². The number of nitrogens with two attached hydrogens (primary N) is 1. The van der Waals surface area contributed by atoms with Gasteiger partial charge < -0.3 is 15.8 Å². The zero-order valence-electron chi connectivity index (χ0n) is 13.4. The highest BCUT2D eigenvalue weighted by atomic mass is 16.5. The Kier molecular flexibility index (Phi) is 3.77. The van der Waals surface area contributed by atoms with Crippen molar-refractivity contribution in [1.29, 1.82) is 0 Å². The van der Waals surface area contributed by atoms with Crippen LogP contribution in [0.5, 0.6) is 5.75 Å². The second kappa shape index (κ2) is 5.62. The van der Waals surface area contributed by atoms with Crippen molar-refractivity contribution in [2.75, 3.05) is 12.4 Å². The van der Waals surface area contributed by atoms with Gasteiger partial charge in [0.05, 0.1) is 12.6 Å². The predicted octanol–water partition coefficient (Wildman–Crippen LogP) is 1.22. The summed E-state index contributed by atoms with van der Waals surface area (Å²) in [5, 5.41) is 14.7. The van der Waals surface area contributed by atoms with E-state index in [-0.39, 0.29) is 5.91 Å². The second-order valence-electron chi connectivity index (χ2n) is 6.29. The van der Waals surface area contributed by atoms with E-state index < -0.39 is 5.54 Å². The Morgan fingerprint density at radius 1 is 1.43 bits per heavy atom. The minimum Gasteiger partial charge on any atom is -0.494 e. The second-order valence-corrected chi connectivity index (χ2v) is 6.29. The van der Waals surface area contributed by atoms with Gasteiger partial charge in [0, 0.05) is 11.6 Å². The van der Waals surface area contributed by atoms with E-state index in [2.05, 4.69) is 20.8 Å². The summed E-state index contributed by atoms with van der Waals surface area (Å²) in [6.45, 7) is 3.30. The summed E-state index contributed by atoms with van der Waals surface area (Å²) in [5.41, 5.74) is 6.15. The summed E-state index contributed by atoms with van der Waals surface area (Å²) in [6.07, 6.45) is 2.17. The summed E-state index contributed by atoms with van der Waals surface area (Å²) in [7, 11) is 1.58. The minimum absolute atomic E-state index is 0.271. The molecule has 1 aliphatic carbocycles. The van der Waals surface area contributed by atoms with Crippen LogP contribution in [0.15, 0.2) is 18.2 Å². The molecule has 0 atom stereocenters. The number of anilines is 1. The quantitative estimate of drug-likeness (QED) is 0.859. The monoisotopic (exact) mass is 316 g/mol. The number of methoxy groups -OCH3 is 1. The third-order valence-corrected chi connectivity index (χ3v) is 3.69. The number of benzene rings is 1. The molecule has 122 valence electrons. The molecule has 1 saturated carbocycles. The largest absolute Gasteiger partial charge is 0.494 e. The highest BCUT2D eigenvalue weighted by Crippen LogP contribution is 2.40. The number of hydrogen-bond acceptors (Lipinski definition) is 6. The molecule has 1 fully saturated rings. The van der Waals surface area contributed by atoms with Crippen LogP contribution in [-0.4, -0.2) is 38.8 Å². The summed E-state index contributed by atoms with van der Waals surface area (Å²) in [6, 6.07) is 5.31. The van der Waals surface area contributed by atoms with Crippen LogP contribution in [0.2, 0.25) is 0 Å². The lowest BCUT2D eigenvalue weighted by Gasteiger charge is -2.18. The van der Waals surface area contributed by atoms with Gasteiger partial charge in [-0.2, -0.15) is 4.68 Å². The average molecular weight is 316 g/mol. The number of hydrogen-bond donors (Lipinski definition) is 2. The van der Waals surface area contributed by atoms with Gasteiger partial charge in [-0.15, -0.1) is 5.10 Å². The fourth-order valence-electron chi connectivity index (χ4n) is 2.19. The number of amides is 1. The number of nitrogens with one attached hydrogen (secondary N) is 1. The van der Waals surface area contributed by atoms with Gasteiger partial charge >= 0.3 is 0 Å². The molecule has 1 aromatic carbocycles. The minimum atomic E-state index is -0.964. The van der Waals surface area contributed by atoms with Gasteiger partial charge in [0.25, 0.3) is 0 Å². The van der Waals surface area contributed by atoms with Crippen molar-refractivity contribution < 1.29 is 9.53 Å². The van der Waals surface area contributed by atoms with E-state index in [0.29, 0.717) is 23.0 Å². The van der Waals surface area contributed by atoms with E-state index in [1.807, 2.05) is 0 Å². The highest BCUT2D eigenvalue weighted by Gasteiger charge is 2.31. The molecule has 0 bridgehead atoms. The molecule has 0 unspecified atom stereocenters. The van der Waals surface area contributed by atoms with Crippen LogP contribution in [0.4, 0.5) is 5.69 Å². The lowest BCUT2D eigenvalue weighted by atomic mass is 10.1. The summed E-state index contributed by atoms with van der Waals surface area (Å²) in [5.74, 6) is 1.55. The molecule has 8 nitrogen and oxygen atoms in total. The molecule has 0 spiro atoms. The van der Waals surface area contributed by atoms with E-state index in [4.69, 9.17) is 10.5 Å². The van der Waals surface area contributed by atoms with Gasteiger partial charge in [-0.25, -0.2) is 0 Å². The van der Waals surface area contributed by atoms with Crippen molar-refractivity contribution in [3.05, 3.63) is 24.0 Å². The van der Waals surface area contributed by atoms with E-state index in [0.717, 1.165) is 18.7 Å². The van der Waals surface area contributed by atoms with E-state index in [1.165, 1.54) is 0 Å². The topological polar surface area (TPSA) is 108 Å². The molecule has 0 saturated heterocycles. The molecule has 8 heteroatoms. The third kappa shape index (κ3) is 3.16. The predicted molar refractivity (Wildman–Crippen MR) is 84.6 cm³/mol. The fraction of sp³-hybridized carbons (Fsp3) is 0.467. The number of ether oxygens (including phenoxy) is 1. The summed E-state index contributed by atoms with van der Waals surface area (Å²) < 4.78 is 7.06. The number of tetrazole rings is 1. The van der Waals surface area contributed by atoms with E-state index in [1.54, 1.807) is 43.8 Å². The molecular weight excluding hydrogens is 296 g/mol. The first-order valence-corrected chi connectivity index (χ1v) is 7.47. The normalized spacial score (nSPS) is 14.6. The fourth-order valence-corrected chi connectivity index (χ4v) is 2.19. The Morgan fingerprint density at radius 2 is 2.17 bits per heavy atom. The lowest BCUT2D eigenvalue weighted by Crippen LogP contribution is -2.45. The van der Waals surface area contributed by atoms with Crippen LogP contribution in [0, 0.1) is 0 Å². The zero-order chi connectivity index (χ0) is 16.6. The molecule has 0 radical (unpaired) electrons. The SMILES string of the molecule is COc1ccc(NC(=O)C(C)(C)N)cc1-n1nnnc1C1CC1. The number of rotatable bonds is 5. The van der Waals surface area contributed by atoms with Crippen molar-refractivity contribution in [3.63, 3.8) is 0 Å². The van der Waals surface area contributed by atoms with Crippen LogP contribution >= 0.6 is 0 Å². The van der Waals surface area contributed by atoms with Crippen molar-refractivity contribution >= 4 is 11.6 Å². The van der Waals surface area contributed by atoms with Gasteiger partial charge in [-0.1, -0.05) is 0 Å². The molecule has 23 heavy (non-hydrogen) atoms. The molecule has 1 amide bonds. The molecule has 3 rings (SSSR count). The molecule has 1 aromatic heterocycles. The van der Waals surface area contributed by atoms with Gasteiger partial charge in [0.1, 0.15) is 11.4 Å². The summed E-state index contributed by atoms with van der Waals surface area (Å²) >= 11 is 0. The molecule has 2 aromatic rings. The maximum absolute atomic E-state index is 12.1. The maximum Gasteiger partial charge on any atom is 0.243 e. The van der Waals surface area contributed by atoms with E-state index >= 15 is 0 Å². The van der Waals surface area contributed by atoms with Crippen molar-refractivity contribution in [2.45, 2.75) is 38.1 Å². The van der Waals surface area contributed by atoms with E-state index in [9.17, 15) is 4.79 Å². The lowest BCUT2D eigenvalue weighted by molar-refractivity contribution is -0.120. The van der Waals surface area contributed by atoms with Crippen molar-refractivity contribution in [3.8, 4) is 11.4 Å². The first-order chi connectivity index (χ1) is 10.9. The maximum atomic E-state index is 12.1. The Hall–Kier alpha value is -2.48. The standard InChI is InChI=1S/C15H20N6O2/c1-15(2,16)14(22)17-10-6-7-12(23-3)11(8-10)21-13(9-4-5-9)18-19-20-21/h6-9H,4-5,16H2,1-3H3,(H,17,22). The molecule has 1 aliphatic rings. The Morgan fingerprint density at radius 3 is 2.78 bits per heavy atom. The highest BCUT2D eigenvalue weighted by molar-refractivity contribution is 5.97. The van der Waals surface area contributed by atoms with Gasteiger partial charge in [0.15, 0.2) is 5.82 Å². The first kappa shape index (κ1) is 15.4. The Bertz CT molecular complexity index is 730. The van der Waals surface area contributed by atoms with Crippen molar-refractivity contribution in [1.82, 2.24) is 20.2 Å². The molecule has 0 aliphatic heterocycles. The van der Waals surface area contributed by atoms with Crippen LogP contribution < -0.4 is 15.8 Å². The van der Waals surface area contributed by atoms with Gasteiger partial charge in [-0.05, 0) is 55.3 Å². The van der Waals surface area contributed by atoms with Crippen LogP contribution in [-0.2, 0) is 4.79 Å². The molecular formula is C15H20N6O2. The molecule has 1 heterocycles. The van der Waals surface area contributed by atoms with Crippen LogP contribution in [0.25, 0.3) is 5.69 Å². The Labute approximate surface area is 134 Å². The average Bonchev–Trinajstić information content (AvgIpc) is 3.23.